The second kappa shape index (κ2) is 7.59. The molecule has 0 saturated carbocycles. The molecule has 1 N–H and O–H groups in total. The molecule has 0 radical (unpaired) electrons. The molecule has 1 heterocycles. The van der Waals surface area contributed by atoms with Crippen LogP contribution in [0, 0.1) is 13.8 Å². The number of carbonyl (C=O) groups is 1. The van der Waals surface area contributed by atoms with E-state index in [1.165, 1.54) is 22.5 Å². The smallest absolute Gasteiger partial charge is 0.257 e. The third kappa shape index (κ3) is 4.13. The van der Waals surface area contributed by atoms with Crippen molar-refractivity contribution in [3.63, 3.8) is 0 Å². The number of ether oxygens (including phenoxy) is 1. The summed E-state index contributed by atoms with van der Waals surface area (Å²) in [6.45, 7) is 4.62. The van der Waals surface area contributed by atoms with Crippen LogP contribution in [0.5, 0.6) is 0 Å². The van der Waals surface area contributed by atoms with Gasteiger partial charge < -0.3 is 4.74 Å². The first-order valence-corrected chi connectivity index (χ1v) is 8.87. The van der Waals surface area contributed by atoms with Gasteiger partial charge in [0.05, 0.1) is 12.3 Å². The molecule has 4 nitrogen and oxygen atoms in total. The molecule has 0 atom stereocenters. The Morgan fingerprint density at radius 1 is 1.20 bits per heavy atom. The van der Waals surface area contributed by atoms with Crippen LogP contribution in [-0.2, 0) is 11.3 Å². The zero-order valence-corrected chi connectivity index (χ0v) is 15.3. The van der Waals surface area contributed by atoms with Gasteiger partial charge in [-0.25, -0.2) is 4.98 Å². The number of hydrogen-bond acceptors (Lipinski definition) is 4. The number of carbonyl (C=O) groups excluding carboxylic acids is 1. The fraction of sp³-hybridized carbons (Fsp3) is 0.200. The Morgan fingerprint density at radius 3 is 2.80 bits per heavy atom. The summed E-state index contributed by atoms with van der Waals surface area (Å²) in [5.74, 6) is -0.167. The second-order valence-electron chi connectivity index (χ2n) is 5.94. The lowest BCUT2D eigenvalue weighted by atomic mass is 10.0. The van der Waals surface area contributed by atoms with Crippen molar-refractivity contribution in [2.24, 2.45) is 0 Å². The molecule has 1 aromatic heterocycles. The van der Waals surface area contributed by atoms with Crippen molar-refractivity contribution in [3.05, 3.63) is 70.1 Å². The summed E-state index contributed by atoms with van der Waals surface area (Å²) in [4.78, 5) is 17.0. The van der Waals surface area contributed by atoms with Crippen LogP contribution in [-0.4, -0.2) is 18.0 Å². The second-order valence-corrected chi connectivity index (χ2v) is 6.80. The molecule has 0 fully saturated rings. The molecular weight excluding hydrogens is 332 g/mol. The van der Waals surface area contributed by atoms with E-state index in [1.807, 2.05) is 23.6 Å². The fourth-order valence-electron chi connectivity index (χ4n) is 2.69. The van der Waals surface area contributed by atoms with Crippen molar-refractivity contribution < 1.29 is 9.53 Å². The number of amides is 1. The topological polar surface area (TPSA) is 51.2 Å². The molecule has 2 aromatic carbocycles. The van der Waals surface area contributed by atoms with Crippen molar-refractivity contribution in [1.29, 1.82) is 0 Å². The molecule has 0 aliphatic rings. The molecular formula is C20H20N2O2S. The summed E-state index contributed by atoms with van der Waals surface area (Å²) in [7, 11) is 1.64. The van der Waals surface area contributed by atoms with E-state index in [0.717, 1.165) is 16.8 Å². The standard InChI is InChI=1S/C20H20N2O2S/c1-13-7-8-17(14(2)9-13)18-12-25-20(21-18)22-19(23)16-6-4-5-15(10-16)11-24-3/h4-10,12H,11H2,1-3H3,(H,21,22,23). The van der Waals surface area contributed by atoms with Gasteiger partial charge in [-0.1, -0.05) is 35.9 Å². The number of hydrogen-bond donors (Lipinski definition) is 1. The van der Waals surface area contributed by atoms with Crippen molar-refractivity contribution in [1.82, 2.24) is 4.98 Å². The lowest BCUT2D eigenvalue weighted by Crippen LogP contribution is -2.12. The molecule has 0 unspecified atom stereocenters. The first-order valence-electron chi connectivity index (χ1n) is 7.99. The van der Waals surface area contributed by atoms with E-state index in [2.05, 4.69) is 42.3 Å². The molecule has 3 aromatic rings. The largest absolute Gasteiger partial charge is 0.380 e. The first-order chi connectivity index (χ1) is 12.1. The molecule has 3 rings (SSSR count). The molecule has 0 spiro atoms. The van der Waals surface area contributed by atoms with Gasteiger partial charge >= 0.3 is 0 Å². The number of nitrogens with one attached hydrogen (secondary N) is 1. The van der Waals surface area contributed by atoms with E-state index in [0.29, 0.717) is 17.3 Å². The van der Waals surface area contributed by atoms with Crippen LogP contribution in [0.2, 0.25) is 0 Å². The van der Waals surface area contributed by atoms with Crippen molar-refractivity contribution in [2.75, 3.05) is 12.4 Å². The van der Waals surface area contributed by atoms with Gasteiger partial charge in [0.25, 0.3) is 5.91 Å². The molecule has 128 valence electrons. The summed E-state index contributed by atoms with van der Waals surface area (Å²) < 4.78 is 5.11. The SMILES string of the molecule is COCc1cccc(C(=O)Nc2nc(-c3ccc(C)cc3C)cs2)c1. The first kappa shape index (κ1) is 17.3. The minimum Gasteiger partial charge on any atom is -0.380 e. The Morgan fingerprint density at radius 2 is 2.04 bits per heavy atom. The summed E-state index contributed by atoms with van der Waals surface area (Å²) in [5.41, 5.74) is 5.93. The highest BCUT2D eigenvalue weighted by Gasteiger charge is 2.11. The molecule has 0 aliphatic carbocycles. The maximum Gasteiger partial charge on any atom is 0.257 e. The number of methoxy groups -OCH3 is 1. The van der Waals surface area contributed by atoms with Crippen molar-refractivity contribution in [3.8, 4) is 11.3 Å². The minimum absolute atomic E-state index is 0.167. The van der Waals surface area contributed by atoms with Gasteiger partial charge in [-0.2, -0.15) is 0 Å². The van der Waals surface area contributed by atoms with Crippen LogP contribution >= 0.6 is 11.3 Å². The van der Waals surface area contributed by atoms with E-state index in [1.54, 1.807) is 13.2 Å². The van der Waals surface area contributed by atoms with Crippen LogP contribution in [0.1, 0.15) is 27.0 Å². The quantitative estimate of drug-likeness (QED) is 0.716. The molecule has 0 saturated heterocycles. The van der Waals surface area contributed by atoms with Crippen LogP contribution in [0.4, 0.5) is 5.13 Å². The lowest BCUT2D eigenvalue weighted by molar-refractivity contribution is 0.102. The van der Waals surface area contributed by atoms with Gasteiger partial charge in [0, 0.05) is 23.6 Å². The summed E-state index contributed by atoms with van der Waals surface area (Å²) >= 11 is 1.43. The zero-order chi connectivity index (χ0) is 17.8. The Balaban J connectivity index is 1.77. The lowest BCUT2D eigenvalue weighted by Gasteiger charge is -2.05. The fourth-order valence-corrected chi connectivity index (χ4v) is 3.40. The van der Waals surface area contributed by atoms with Crippen LogP contribution in [0.15, 0.2) is 47.8 Å². The zero-order valence-electron chi connectivity index (χ0n) is 14.5. The third-order valence-corrected chi connectivity index (χ3v) is 4.64. The monoisotopic (exact) mass is 352 g/mol. The Labute approximate surface area is 151 Å². The molecule has 25 heavy (non-hydrogen) atoms. The maximum absolute atomic E-state index is 12.4. The minimum atomic E-state index is -0.167. The number of aryl methyl sites for hydroxylation is 2. The normalized spacial score (nSPS) is 10.7. The summed E-state index contributed by atoms with van der Waals surface area (Å²) in [5, 5.41) is 5.44. The van der Waals surface area contributed by atoms with Gasteiger partial charge in [-0.3, -0.25) is 10.1 Å². The van der Waals surface area contributed by atoms with Crippen molar-refractivity contribution in [2.45, 2.75) is 20.5 Å². The molecule has 0 bridgehead atoms. The van der Waals surface area contributed by atoms with E-state index in [-0.39, 0.29) is 5.91 Å². The summed E-state index contributed by atoms with van der Waals surface area (Å²) in [6.07, 6.45) is 0. The van der Waals surface area contributed by atoms with Crippen molar-refractivity contribution >= 4 is 22.4 Å². The Bertz CT molecular complexity index is 902. The molecule has 5 heteroatoms. The Kier molecular flexibility index (Phi) is 5.26. The van der Waals surface area contributed by atoms with Gasteiger partial charge in [0.15, 0.2) is 5.13 Å². The number of nitrogens with zero attached hydrogens (tertiary/aromatic N) is 1. The van der Waals surface area contributed by atoms with E-state index < -0.39 is 0 Å². The van der Waals surface area contributed by atoms with E-state index in [9.17, 15) is 4.79 Å². The van der Waals surface area contributed by atoms with Gasteiger partial charge in [-0.15, -0.1) is 11.3 Å². The third-order valence-electron chi connectivity index (χ3n) is 3.88. The van der Waals surface area contributed by atoms with E-state index in [4.69, 9.17) is 4.74 Å². The van der Waals surface area contributed by atoms with E-state index >= 15 is 0 Å². The number of thiazole rings is 1. The van der Waals surface area contributed by atoms with Crippen LogP contribution in [0.3, 0.4) is 0 Å². The molecule has 0 aliphatic heterocycles. The maximum atomic E-state index is 12.4. The summed E-state index contributed by atoms with van der Waals surface area (Å²) in [6, 6.07) is 13.7. The van der Waals surface area contributed by atoms with Gasteiger partial charge in [-0.05, 0) is 37.1 Å². The van der Waals surface area contributed by atoms with Crippen LogP contribution in [0.25, 0.3) is 11.3 Å². The number of anilines is 1. The Hall–Kier alpha value is -2.50. The highest BCUT2D eigenvalue weighted by molar-refractivity contribution is 7.14. The predicted molar refractivity (Wildman–Crippen MR) is 102 cm³/mol. The van der Waals surface area contributed by atoms with Gasteiger partial charge in [0.1, 0.15) is 0 Å². The predicted octanol–water partition coefficient (Wildman–Crippen LogP) is 4.83. The molecule has 1 amide bonds. The van der Waals surface area contributed by atoms with Gasteiger partial charge in [0.2, 0.25) is 0 Å². The highest BCUT2D eigenvalue weighted by Crippen LogP contribution is 2.28. The average molecular weight is 352 g/mol. The highest BCUT2D eigenvalue weighted by atomic mass is 32.1. The number of rotatable bonds is 5. The van der Waals surface area contributed by atoms with Crippen LogP contribution < -0.4 is 5.32 Å². The number of aromatic nitrogens is 1. The number of benzene rings is 2. The average Bonchev–Trinajstić information content (AvgIpc) is 3.03.